The van der Waals surface area contributed by atoms with Crippen LogP contribution < -0.4 is 15.8 Å². The molecular formula is C13H19N3O4S. The maximum atomic E-state index is 12.8. The number of amides is 1. The molecule has 7 nitrogen and oxygen atoms in total. The quantitative estimate of drug-likeness (QED) is 0.772. The van der Waals surface area contributed by atoms with Crippen LogP contribution in [0.5, 0.6) is 5.75 Å². The summed E-state index contributed by atoms with van der Waals surface area (Å²) in [4.78, 5) is 11.8. The SMILES string of the molecule is CNC(=O)C1CCCN1S(=O)(=O)c1cc(N)ccc1OC. The normalized spacial score (nSPS) is 19.4. The van der Waals surface area contributed by atoms with Crippen molar-refractivity contribution in [2.75, 3.05) is 26.4 Å². The van der Waals surface area contributed by atoms with Gasteiger partial charge in [-0.05, 0) is 31.0 Å². The average Bonchev–Trinajstić information content (AvgIpc) is 2.96. The van der Waals surface area contributed by atoms with Crippen molar-refractivity contribution in [2.45, 2.75) is 23.8 Å². The minimum atomic E-state index is -3.84. The van der Waals surface area contributed by atoms with Crippen molar-refractivity contribution in [1.29, 1.82) is 0 Å². The molecular weight excluding hydrogens is 294 g/mol. The van der Waals surface area contributed by atoms with Gasteiger partial charge >= 0.3 is 0 Å². The minimum absolute atomic E-state index is 0.0131. The number of rotatable bonds is 4. The second-order valence-corrected chi connectivity index (χ2v) is 6.66. The zero-order valence-electron chi connectivity index (χ0n) is 12.0. The predicted octanol–water partition coefficient (Wildman–Crippen LogP) is 0.177. The fourth-order valence-electron chi connectivity index (χ4n) is 2.48. The first-order valence-electron chi connectivity index (χ1n) is 6.58. The number of nitrogen functional groups attached to an aromatic ring is 1. The van der Waals surface area contributed by atoms with Gasteiger partial charge in [-0.2, -0.15) is 4.31 Å². The van der Waals surface area contributed by atoms with Crippen molar-refractivity contribution in [2.24, 2.45) is 0 Å². The van der Waals surface area contributed by atoms with Crippen LogP contribution in [0.15, 0.2) is 23.1 Å². The van der Waals surface area contributed by atoms with Crippen LogP contribution in [0.2, 0.25) is 0 Å². The Kier molecular flexibility index (Phi) is 4.38. The van der Waals surface area contributed by atoms with Crippen molar-refractivity contribution in [3.8, 4) is 5.75 Å². The van der Waals surface area contributed by atoms with Crippen LogP contribution in [0.4, 0.5) is 5.69 Å². The van der Waals surface area contributed by atoms with E-state index >= 15 is 0 Å². The summed E-state index contributed by atoms with van der Waals surface area (Å²) < 4.78 is 31.9. The maximum Gasteiger partial charge on any atom is 0.247 e. The molecule has 3 N–H and O–H groups in total. The fourth-order valence-corrected chi connectivity index (χ4v) is 4.33. The standard InChI is InChI=1S/C13H19N3O4S/c1-15-13(17)10-4-3-7-16(10)21(18,19)12-8-9(14)5-6-11(12)20-2/h5-6,8,10H,3-4,7,14H2,1-2H3,(H,15,17). The molecule has 1 unspecified atom stereocenters. The number of benzene rings is 1. The van der Waals surface area contributed by atoms with E-state index in [0.717, 1.165) is 0 Å². The smallest absolute Gasteiger partial charge is 0.247 e. The zero-order valence-corrected chi connectivity index (χ0v) is 12.8. The second-order valence-electron chi connectivity index (χ2n) is 4.80. The van der Waals surface area contributed by atoms with Crippen molar-refractivity contribution in [1.82, 2.24) is 9.62 Å². The Hall–Kier alpha value is -1.80. The van der Waals surface area contributed by atoms with Crippen molar-refractivity contribution < 1.29 is 17.9 Å². The molecule has 1 saturated heterocycles. The van der Waals surface area contributed by atoms with E-state index in [9.17, 15) is 13.2 Å². The molecule has 8 heteroatoms. The van der Waals surface area contributed by atoms with Gasteiger partial charge in [0.2, 0.25) is 15.9 Å². The molecule has 0 saturated carbocycles. The third-order valence-electron chi connectivity index (χ3n) is 3.53. The average molecular weight is 313 g/mol. The summed E-state index contributed by atoms with van der Waals surface area (Å²) in [5, 5.41) is 2.50. The summed E-state index contributed by atoms with van der Waals surface area (Å²) in [6.07, 6.45) is 1.14. The number of anilines is 1. The van der Waals surface area contributed by atoms with E-state index in [1.54, 1.807) is 6.07 Å². The van der Waals surface area contributed by atoms with Gasteiger partial charge in [0, 0.05) is 19.3 Å². The molecule has 1 atom stereocenters. The Morgan fingerprint density at radius 2 is 2.19 bits per heavy atom. The summed E-state index contributed by atoms with van der Waals surface area (Å²) in [7, 11) is -0.955. The molecule has 116 valence electrons. The number of sulfonamides is 1. The van der Waals surface area contributed by atoms with Crippen LogP contribution in [0, 0.1) is 0 Å². The van der Waals surface area contributed by atoms with Crippen molar-refractivity contribution in [3.63, 3.8) is 0 Å². The number of carbonyl (C=O) groups excluding carboxylic acids is 1. The molecule has 1 aliphatic rings. The number of nitrogens with two attached hydrogens (primary N) is 1. The van der Waals surface area contributed by atoms with E-state index in [0.29, 0.717) is 25.1 Å². The summed E-state index contributed by atoms with van der Waals surface area (Å²) in [6, 6.07) is 3.74. The number of hydrogen-bond acceptors (Lipinski definition) is 5. The van der Waals surface area contributed by atoms with E-state index in [4.69, 9.17) is 10.5 Å². The molecule has 1 aromatic carbocycles. The number of nitrogens with one attached hydrogen (secondary N) is 1. The number of carbonyl (C=O) groups is 1. The highest BCUT2D eigenvalue weighted by Crippen LogP contribution is 2.32. The van der Waals surface area contributed by atoms with Crippen LogP contribution >= 0.6 is 0 Å². The first kappa shape index (κ1) is 15.6. The first-order valence-corrected chi connectivity index (χ1v) is 8.02. The molecule has 1 fully saturated rings. The van der Waals surface area contributed by atoms with Crippen LogP contribution in [0.1, 0.15) is 12.8 Å². The van der Waals surface area contributed by atoms with Crippen molar-refractivity contribution >= 4 is 21.6 Å². The van der Waals surface area contributed by atoms with Gasteiger partial charge in [0.1, 0.15) is 16.7 Å². The van der Waals surface area contributed by atoms with E-state index in [1.165, 1.54) is 30.6 Å². The highest BCUT2D eigenvalue weighted by molar-refractivity contribution is 7.89. The topological polar surface area (TPSA) is 102 Å². The lowest BCUT2D eigenvalue weighted by Crippen LogP contribution is -2.44. The molecule has 2 rings (SSSR count). The summed E-state index contributed by atoms with van der Waals surface area (Å²) in [6.45, 7) is 0.304. The lowest BCUT2D eigenvalue weighted by Gasteiger charge is -2.23. The molecule has 1 amide bonds. The van der Waals surface area contributed by atoms with Crippen LogP contribution in [-0.4, -0.2) is 45.4 Å². The molecule has 1 heterocycles. The van der Waals surface area contributed by atoms with Crippen molar-refractivity contribution in [3.05, 3.63) is 18.2 Å². The molecule has 0 aliphatic carbocycles. The summed E-state index contributed by atoms with van der Waals surface area (Å²) in [5.41, 5.74) is 6.00. The Morgan fingerprint density at radius 1 is 1.48 bits per heavy atom. The highest BCUT2D eigenvalue weighted by atomic mass is 32.2. The lowest BCUT2D eigenvalue weighted by molar-refractivity contribution is -0.123. The first-order chi connectivity index (χ1) is 9.91. The Balaban J connectivity index is 2.47. The summed E-state index contributed by atoms with van der Waals surface area (Å²) in [5.74, 6) is -0.0919. The van der Waals surface area contributed by atoms with Crippen LogP contribution in [-0.2, 0) is 14.8 Å². The molecule has 0 aromatic heterocycles. The van der Waals surface area contributed by atoms with Crippen LogP contribution in [0.3, 0.4) is 0 Å². The van der Waals surface area contributed by atoms with Gasteiger partial charge < -0.3 is 15.8 Å². The molecule has 0 radical (unpaired) electrons. The van der Waals surface area contributed by atoms with E-state index in [1.807, 2.05) is 0 Å². The predicted molar refractivity (Wildman–Crippen MR) is 78.4 cm³/mol. The largest absolute Gasteiger partial charge is 0.495 e. The fraction of sp³-hybridized carbons (Fsp3) is 0.462. The van der Waals surface area contributed by atoms with Gasteiger partial charge in [-0.15, -0.1) is 0 Å². The van der Waals surface area contributed by atoms with Gasteiger partial charge in [0.05, 0.1) is 7.11 Å². The Morgan fingerprint density at radius 3 is 2.81 bits per heavy atom. The van der Waals surface area contributed by atoms with Gasteiger partial charge in [-0.1, -0.05) is 0 Å². The number of hydrogen-bond donors (Lipinski definition) is 2. The van der Waals surface area contributed by atoms with Gasteiger partial charge in [-0.3, -0.25) is 4.79 Å². The minimum Gasteiger partial charge on any atom is -0.495 e. The number of likely N-dealkylation sites (N-methyl/N-ethyl adjacent to an activating group) is 1. The monoisotopic (exact) mass is 313 g/mol. The van der Waals surface area contributed by atoms with E-state index in [-0.39, 0.29) is 16.6 Å². The number of methoxy groups -OCH3 is 1. The molecule has 21 heavy (non-hydrogen) atoms. The number of nitrogens with zero attached hydrogens (tertiary/aromatic N) is 1. The molecule has 1 aliphatic heterocycles. The lowest BCUT2D eigenvalue weighted by atomic mass is 10.2. The van der Waals surface area contributed by atoms with Gasteiger partial charge in [0.15, 0.2) is 0 Å². The van der Waals surface area contributed by atoms with E-state index in [2.05, 4.69) is 5.32 Å². The zero-order chi connectivity index (χ0) is 15.6. The molecule has 1 aromatic rings. The van der Waals surface area contributed by atoms with E-state index < -0.39 is 16.1 Å². The molecule has 0 bridgehead atoms. The van der Waals surface area contributed by atoms with Gasteiger partial charge in [0.25, 0.3) is 0 Å². The third-order valence-corrected chi connectivity index (χ3v) is 5.46. The Labute approximate surface area is 124 Å². The van der Waals surface area contributed by atoms with Crippen LogP contribution in [0.25, 0.3) is 0 Å². The Bertz CT molecular complexity index is 645. The third kappa shape index (κ3) is 2.81. The summed E-state index contributed by atoms with van der Waals surface area (Å²) >= 11 is 0. The maximum absolute atomic E-state index is 12.8. The number of ether oxygens (including phenoxy) is 1. The van der Waals surface area contributed by atoms with Gasteiger partial charge in [-0.25, -0.2) is 8.42 Å². The second kappa shape index (κ2) is 5.90. The highest BCUT2D eigenvalue weighted by Gasteiger charge is 2.40. The molecule has 0 spiro atoms.